The number of carbonyl (C=O) groups is 2. The third-order valence-electron chi connectivity index (χ3n) is 4.18. The van der Waals surface area contributed by atoms with E-state index < -0.39 is 22.1 Å². The van der Waals surface area contributed by atoms with E-state index in [1.807, 2.05) is 13.0 Å². The van der Waals surface area contributed by atoms with Crippen LogP contribution in [0.3, 0.4) is 0 Å². The van der Waals surface area contributed by atoms with E-state index in [0.29, 0.717) is 5.69 Å². The molecule has 0 aromatic heterocycles. The number of carbonyl (C=O) groups excluding carboxylic acids is 2. The van der Waals surface area contributed by atoms with Crippen molar-refractivity contribution in [2.24, 2.45) is 0 Å². The van der Waals surface area contributed by atoms with Gasteiger partial charge in [0.2, 0.25) is 0 Å². The monoisotopic (exact) mass is 440 g/mol. The second-order valence-corrected chi connectivity index (χ2v) is 8.04. The van der Waals surface area contributed by atoms with Crippen molar-refractivity contribution in [3.05, 3.63) is 83.9 Å². The second kappa shape index (κ2) is 9.31. The summed E-state index contributed by atoms with van der Waals surface area (Å²) in [5.74, 6) is -1.04. The minimum Gasteiger partial charge on any atom is -0.465 e. The summed E-state index contributed by atoms with van der Waals surface area (Å²) in [5.41, 5.74) is 1.56. The second-order valence-electron chi connectivity index (χ2n) is 6.50. The number of urea groups is 1. The normalized spacial score (nSPS) is 10.8. The lowest BCUT2D eigenvalue weighted by Gasteiger charge is -2.13. The van der Waals surface area contributed by atoms with Gasteiger partial charge >= 0.3 is 22.1 Å². The molecule has 0 bridgehead atoms. The highest BCUT2D eigenvalue weighted by atomic mass is 32.2. The number of para-hydroxylation sites is 1. The van der Waals surface area contributed by atoms with E-state index in [1.165, 1.54) is 30.3 Å². The van der Waals surface area contributed by atoms with Crippen molar-refractivity contribution in [3.8, 4) is 5.75 Å². The summed E-state index contributed by atoms with van der Waals surface area (Å²) >= 11 is 0. The lowest BCUT2D eigenvalue weighted by molar-refractivity contribution is 0.0599. The van der Waals surface area contributed by atoms with Gasteiger partial charge in [-0.05, 0) is 49.4 Å². The number of anilines is 2. The maximum atomic E-state index is 12.6. The number of benzene rings is 3. The van der Waals surface area contributed by atoms with Crippen molar-refractivity contribution >= 4 is 33.5 Å². The number of aryl methyl sites for hydroxylation is 1. The third kappa shape index (κ3) is 5.61. The van der Waals surface area contributed by atoms with E-state index in [2.05, 4.69) is 10.6 Å². The van der Waals surface area contributed by atoms with Gasteiger partial charge in [-0.3, -0.25) is 0 Å². The van der Waals surface area contributed by atoms with Crippen LogP contribution in [0.1, 0.15) is 15.9 Å². The molecule has 0 aliphatic rings. The Kier molecular flexibility index (Phi) is 6.56. The van der Waals surface area contributed by atoms with Gasteiger partial charge in [0.25, 0.3) is 0 Å². The van der Waals surface area contributed by atoms with Gasteiger partial charge in [-0.1, -0.05) is 35.9 Å². The Bertz CT molecular complexity index is 1190. The summed E-state index contributed by atoms with van der Waals surface area (Å²) in [6, 6.07) is 18.3. The third-order valence-corrected chi connectivity index (χ3v) is 5.43. The fourth-order valence-electron chi connectivity index (χ4n) is 2.64. The van der Waals surface area contributed by atoms with E-state index in [-0.39, 0.29) is 21.9 Å². The van der Waals surface area contributed by atoms with E-state index in [4.69, 9.17) is 8.92 Å². The number of ether oxygens (including phenoxy) is 1. The lowest BCUT2D eigenvalue weighted by Crippen LogP contribution is -2.20. The van der Waals surface area contributed by atoms with Crippen LogP contribution >= 0.6 is 0 Å². The summed E-state index contributed by atoms with van der Waals surface area (Å²) < 4.78 is 35.1. The first-order valence-corrected chi connectivity index (χ1v) is 10.6. The topological polar surface area (TPSA) is 111 Å². The van der Waals surface area contributed by atoms with Crippen LogP contribution in [-0.2, 0) is 14.9 Å². The van der Waals surface area contributed by atoms with Crippen LogP contribution in [0.15, 0.2) is 77.7 Å². The van der Waals surface area contributed by atoms with Gasteiger partial charge < -0.3 is 19.6 Å². The molecule has 3 rings (SSSR count). The van der Waals surface area contributed by atoms with Gasteiger partial charge in [-0.2, -0.15) is 8.42 Å². The van der Waals surface area contributed by atoms with Crippen molar-refractivity contribution in [2.45, 2.75) is 11.8 Å². The molecule has 0 unspecified atom stereocenters. The Hall–Kier alpha value is -3.85. The average Bonchev–Trinajstić information content (AvgIpc) is 2.75. The molecule has 0 saturated heterocycles. The van der Waals surface area contributed by atoms with Crippen molar-refractivity contribution in [1.82, 2.24) is 0 Å². The molecule has 3 aromatic carbocycles. The van der Waals surface area contributed by atoms with Crippen LogP contribution in [0.4, 0.5) is 16.2 Å². The summed E-state index contributed by atoms with van der Waals surface area (Å²) in [4.78, 5) is 24.3. The van der Waals surface area contributed by atoms with Crippen LogP contribution in [0.5, 0.6) is 5.75 Å². The van der Waals surface area contributed by atoms with E-state index in [1.54, 1.807) is 36.4 Å². The number of nitrogens with one attached hydrogen (secondary N) is 2. The van der Waals surface area contributed by atoms with Crippen LogP contribution in [-0.4, -0.2) is 27.5 Å². The molecule has 0 spiro atoms. The molecule has 3 aromatic rings. The first-order chi connectivity index (χ1) is 14.8. The Morgan fingerprint density at radius 2 is 1.48 bits per heavy atom. The minimum atomic E-state index is -4.18. The molecule has 8 nitrogen and oxygen atoms in total. The molecule has 0 aliphatic heterocycles. The number of esters is 1. The highest BCUT2D eigenvalue weighted by molar-refractivity contribution is 7.87. The Balaban J connectivity index is 1.83. The van der Waals surface area contributed by atoms with Gasteiger partial charge in [-0.15, -0.1) is 0 Å². The highest BCUT2D eigenvalue weighted by Gasteiger charge is 2.22. The van der Waals surface area contributed by atoms with Crippen LogP contribution in [0.25, 0.3) is 0 Å². The lowest BCUT2D eigenvalue weighted by atomic mass is 10.2. The number of hydrogen-bond donors (Lipinski definition) is 2. The highest BCUT2D eigenvalue weighted by Crippen LogP contribution is 2.27. The SMILES string of the molecule is COC(=O)c1cc(NC(=O)Nc2ccccc2)ccc1OS(=O)(=O)c1ccc(C)cc1. The van der Waals surface area contributed by atoms with Crippen molar-refractivity contribution in [1.29, 1.82) is 0 Å². The molecule has 0 atom stereocenters. The number of rotatable bonds is 6. The molecule has 2 amide bonds. The zero-order valence-electron chi connectivity index (χ0n) is 16.8. The molecule has 0 radical (unpaired) electrons. The predicted octanol–water partition coefficient (Wildman–Crippen LogP) is 4.19. The zero-order valence-corrected chi connectivity index (χ0v) is 17.6. The van der Waals surface area contributed by atoms with E-state index in [9.17, 15) is 18.0 Å². The molecule has 0 aliphatic carbocycles. The molecule has 0 fully saturated rings. The average molecular weight is 440 g/mol. The fraction of sp³-hybridized carbons (Fsp3) is 0.0909. The number of hydrogen-bond acceptors (Lipinski definition) is 6. The molecule has 9 heteroatoms. The first kappa shape index (κ1) is 21.8. The maximum absolute atomic E-state index is 12.6. The van der Waals surface area contributed by atoms with Crippen molar-refractivity contribution in [3.63, 3.8) is 0 Å². The largest absolute Gasteiger partial charge is 0.465 e. The summed E-state index contributed by atoms with van der Waals surface area (Å²) in [7, 11) is -3.02. The fourth-order valence-corrected chi connectivity index (χ4v) is 3.58. The van der Waals surface area contributed by atoms with Crippen LogP contribution < -0.4 is 14.8 Å². The molecule has 0 heterocycles. The van der Waals surface area contributed by atoms with Crippen molar-refractivity contribution in [2.75, 3.05) is 17.7 Å². The van der Waals surface area contributed by atoms with E-state index >= 15 is 0 Å². The smallest absolute Gasteiger partial charge is 0.341 e. The molecular weight excluding hydrogens is 420 g/mol. The Morgan fingerprint density at radius 3 is 2.13 bits per heavy atom. The minimum absolute atomic E-state index is 0.0571. The van der Waals surface area contributed by atoms with Gasteiger partial charge in [0.15, 0.2) is 5.75 Å². The van der Waals surface area contributed by atoms with Crippen LogP contribution in [0, 0.1) is 6.92 Å². The van der Waals surface area contributed by atoms with Gasteiger partial charge in [0, 0.05) is 11.4 Å². The van der Waals surface area contributed by atoms with Gasteiger partial charge in [0.1, 0.15) is 10.5 Å². The molecule has 160 valence electrons. The van der Waals surface area contributed by atoms with Gasteiger partial charge in [0.05, 0.1) is 7.11 Å². The molecular formula is C22H20N2O6S. The summed E-state index contributed by atoms with van der Waals surface area (Å²) in [6.07, 6.45) is 0. The van der Waals surface area contributed by atoms with Gasteiger partial charge in [-0.25, -0.2) is 9.59 Å². The zero-order chi connectivity index (χ0) is 22.4. The number of amides is 2. The summed E-state index contributed by atoms with van der Waals surface area (Å²) in [5, 5.41) is 5.21. The summed E-state index contributed by atoms with van der Waals surface area (Å²) in [6.45, 7) is 1.83. The quantitative estimate of drug-likeness (QED) is 0.439. The Labute approximate surface area is 179 Å². The molecule has 0 saturated carbocycles. The maximum Gasteiger partial charge on any atom is 0.341 e. The van der Waals surface area contributed by atoms with E-state index in [0.717, 1.165) is 12.7 Å². The van der Waals surface area contributed by atoms with Crippen LogP contribution in [0.2, 0.25) is 0 Å². The molecule has 2 N–H and O–H groups in total. The first-order valence-electron chi connectivity index (χ1n) is 9.15. The van der Waals surface area contributed by atoms with Crippen molar-refractivity contribution < 1.29 is 26.9 Å². The molecule has 31 heavy (non-hydrogen) atoms. The standard InChI is InChI=1S/C22H20N2O6S/c1-15-8-11-18(12-9-15)31(27,28)30-20-13-10-17(14-19(20)21(25)29-2)24-22(26)23-16-6-4-3-5-7-16/h3-14H,1-2H3,(H2,23,24,26). The number of methoxy groups -OCH3 is 1. The Morgan fingerprint density at radius 1 is 0.839 bits per heavy atom. The predicted molar refractivity (Wildman–Crippen MR) is 116 cm³/mol.